The van der Waals surface area contributed by atoms with Crippen LogP contribution in [0.25, 0.3) is 11.5 Å². The van der Waals surface area contributed by atoms with Gasteiger partial charge in [-0.05, 0) is 46.3 Å². The molecule has 0 spiro atoms. The van der Waals surface area contributed by atoms with Crippen molar-refractivity contribution in [3.63, 3.8) is 0 Å². The number of hydrogen-bond donors (Lipinski definition) is 1. The topological polar surface area (TPSA) is 86.5 Å². The SMILES string of the molecule is COc1ccc(-c2nnc(NC(=O)c3ccccc3Br)o2)cc1OC. The number of methoxy groups -OCH3 is 2. The molecule has 3 rings (SSSR count). The Morgan fingerprint density at radius 2 is 1.84 bits per heavy atom. The molecule has 0 unspecified atom stereocenters. The van der Waals surface area contributed by atoms with Crippen LogP contribution < -0.4 is 14.8 Å². The second kappa shape index (κ2) is 7.35. The number of aromatic nitrogens is 2. The zero-order valence-corrected chi connectivity index (χ0v) is 15.0. The molecule has 0 aliphatic heterocycles. The lowest BCUT2D eigenvalue weighted by molar-refractivity contribution is 0.102. The number of nitrogens with one attached hydrogen (secondary N) is 1. The molecule has 0 saturated heterocycles. The summed E-state index contributed by atoms with van der Waals surface area (Å²) < 4.78 is 16.6. The van der Waals surface area contributed by atoms with E-state index in [-0.39, 0.29) is 17.8 Å². The highest BCUT2D eigenvalue weighted by molar-refractivity contribution is 9.10. The maximum absolute atomic E-state index is 12.3. The van der Waals surface area contributed by atoms with E-state index in [0.29, 0.717) is 27.1 Å². The Bertz CT molecular complexity index is 910. The molecule has 0 fully saturated rings. The molecule has 7 nitrogen and oxygen atoms in total. The summed E-state index contributed by atoms with van der Waals surface area (Å²) in [5, 5.41) is 10.4. The van der Waals surface area contributed by atoms with Gasteiger partial charge in [-0.15, -0.1) is 5.10 Å². The monoisotopic (exact) mass is 403 g/mol. The maximum atomic E-state index is 12.3. The smallest absolute Gasteiger partial charge is 0.322 e. The van der Waals surface area contributed by atoms with Crippen LogP contribution in [0, 0.1) is 0 Å². The molecule has 1 aromatic heterocycles. The zero-order valence-electron chi connectivity index (χ0n) is 13.4. The van der Waals surface area contributed by atoms with Gasteiger partial charge in [-0.25, -0.2) is 0 Å². The van der Waals surface area contributed by atoms with E-state index in [2.05, 4.69) is 31.4 Å². The lowest BCUT2D eigenvalue weighted by Crippen LogP contribution is -2.12. The van der Waals surface area contributed by atoms with E-state index in [0.717, 1.165) is 0 Å². The van der Waals surface area contributed by atoms with Crippen molar-refractivity contribution in [3.05, 3.63) is 52.5 Å². The number of rotatable bonds is 5. The highest BCUT2D eigenvalue weighted by Gasteiger charge is 2.15. The van der Waals surface area contributed by atoms with E-state index < -0.39 is 0 Å². The van der Waals surface area contributed by atoms with E-state index in [4.69, 9.17) is 13.9 Å². The summed E-state index contributed by atoms with van der Waals surface area (Å²) in [6.45, 7) is 0. The van der Waals surface area contributed by atoms with Crippen molar-refractivity contribution in [2.45, 2.75) is 0 Å². The Morgan fingerprint density at radius 3 is 2.56 bits per heavy atom. The van der Waals surface area contributed by atoms with Crippen molar-refractivity contribution in [1.82, 2.24) is 10.2 Å². The standard InChI is InChI=1S/C17H14BrN3O4/c1-23-13-8-7-10(9-14(13)24-2)16-20-21-17(25-16)19-15(22)11-5-3-4-6-12(11)18/h3-9H,1-2H3,(H,19,21,22). The Morgan fingerprint density at radius 1 is 1.08 bits per heavy atom. The molecule has 0 atom stereocenters. The first-order valence-electron chi connectivity index (χ1n) is 7.24. The minimum Gasteiger partial charge on any atom is -0.493 e. The van der Waals surface area contributed by atoms with Gasteiger partial charge < -0.3 is 13.9 Å². The Balaban J connectivity index is 1.81. The van der Waals surface area contributed by atoms with Crippen LogP contribution in [0.4, 0.5) is 6.01 Å². The van der Waals surface area contributed by atoms with Crippen molar-refractivity contribution in [2.75, 3.05) is 19.5 Å². The summed E-state index contributed by atoms with van der Waals surface area (Å²) in [6, 6.07) is 12.3. The molecule has 0 aliphatic rings. The van der Waals surface area contributed by atoms with Crippen LogP contribution in [0.15, 0.2) is 51.4 Å². The molecule has 3 aromatic rings. The molecular formula is C17H14BrN3O4. The molecule has 0 bridgehead atoms. The van der Waals surface area contributed by atoms with Crippen LogP contribution in [-0.4, -0.2) is 30.3 Å². The number of amides is 1. The largest absolute Gasteiger partial charge is 0.493 e. The normalized spacial score (nSPS) is 10.4. The molecule has 2 aromatic carbocycles. The summed E-state index contributed by atoms with van der Waals surface area (Å²) in [7, 11) is 3.10. The first kappa shape index (κ1) is 17.0. The Hall–Kier alpha value is -2.87. The van der Waals surface area contributed by atoms with Crippen molar-refractivity contribution >= 4 is 27.9 Å². The number of hydrogen-bond acceptors (Lipinski definition) is 6. The van der Waals surface area contributed by atoms with E-state index in [9.17, 15) is 4.79 Å². The number of carbonyl (C=O) groups is 1. The first-order valence-corrected chi connectivity index (χ1v) is 8.03. The van der Waals surface area contributed by atoms with Crippen LogP contribution in [0.2, 0.25) is 0 Å². The third kappa shape index (κ3) is 3.63. The lowest BCUT2D eigenvalue weighted by atomic mass is 10.2. The molecule has 0 saturated carbocycles. The highest BCUT2D eigenvalue weighted by atomic mass is 79.9. The zero-order chi connectivity index (χ0) is 17.8. The van der Waals surface area contributed by atoms with Crippen LogP contribution in [0.5, 0.6) is 11.5 Å². The fourth-order valence-electron chi connectivity index (χ4n) is 2.17. The second-order valence-corrected chi connectivity index (χ2v) is 5.77. The summed E-state index contributed by atoms with van der Waals surface area (Å²) in [5.74, 6) is 1.03. The summed E-state index contributed by atoms with van der Waals surface area (Å²) in [4.78, 5) is 12.3. The molecule has 8 heteroatoms. The minimum absolute atomic E-state index is 0.00513. The highest BCUT2D eigenvalue weighted by Crippen LogP contribution is 2.32. The lowest BCUT2D eigenvalue weighted by Gasteiger charge is -2.07. The Kier molecular flexibility index (Phi) is 4.99. The first-order chi connectivity index (χ1) is 12.1. The number of carbonyl (C=O) groups excluding carboxylic acids is 1. The van der Waals surface area contributed by atoms with Crippen LogP contribution in [-0.2, 0) is 0 Å². The number of nitrogens with zero attached hydrogens (tertiary/aromatic N) is 2. The van der Waals surface area contributed by atoms with Gasteiger partial charge in [0.05, 0.1) is 19.8 Å². The van der Waals surface area contributed by atoms with Gasteiger partial charge in [-0.3, -0.25) is 10.1 Å². The van der Waals surface area contributed by atoms with E-state index in [1.807, 2.05) is 6.07 Å². The molecule has 1 heterocycles. The van der Waals surface area contributed by atoms with E-state index in [1.165, 1.54) is 0 Å². The fraction of sp³-hybridized carbons (Fsp3) is 0.118. The second-order valence-electron chi connectivity index (χ2n) is 4.92. The molecule has 1 amide bonds. The van der Waals surface area contributed by atoms with Crippen LogP contribution >= 0.6 is 15.9 Å². The fourth-order valence-corrected chi connectivity index (χ4v) is 2.63. The summed E-state index contributed by atoms with van der Waals surface area (Å²) >= 11 is 3.33. The number of halogens is 1. The number of ether oxygens (including phenoxy) is 2. The molecular weight excluding hydrogens is 390 g/mol. The van der Waals surface area contributed by atoms with Gasteiger partial charge in [-0.1, -0.05) is 17.2 Å². The van der Waals surface area contributed by atoms with Gasteiger partial charge in [0.15, 0.2) is 11.5 Å². The maximum Gasteiger partial charge on any atom is 0.322 e. The van der Waals surface area contributed by atoms with Crippen molar-refractivity contribution in [2.24, 2.45) is 0 Å². The summed E-state index contributed by atoms with van der Waals surface area (Å²) in [5.41, 5.74) is 1.11. The molecule has 0 radical (unpaired) electrons. The van der Waals surface area contributed by atoms with Crippen molar-refractivity contribution in [1.29, 1.82) is 0 Å². The third-order valence-electron chi connectivity index (χ3n) is 3.39. The average molecular weight is 404 g/mol. The van der Waals surface area contributed by atoms with Crippen LogP contribution in [0.3, 0.4) is 0 Å². The number of anilines is 1. The van der Waals surface area contributed by atoms with E-state index in [1.54, 1.807) is 50.6 Å². The average Bonchev–Trinajstić information content (AvgIpc) is 3.09. The number of benzene rings is 2. The predicted molar refractivity (Wildman–Crippen MR) is 94.9 cm³/mol. The molecule has 1 N–H and O–H groups in total. The summed E-state index contributed by atoms with van der Waals surface area (Å²) in [6.07, 6.45) is 0. The van der Waals surface area contributed by atoms with Gasteiger partial charge in [-0.2, -0.15) is 0 Å². The molecule has 128 valence electrons. The van der Waals surface area contributed by atoms with Crippen molar-refractivity contribution < 1.29 is 18.7 Å². The van der Waals surface area contributed by atoms with Gasteiger partial charge in [0.25, 0.3) is 5.91 Å². The molecule has 25 heavy (non-hydrogen) atoms. The third-order valence-corrected chi connectivity index (χ3v) is 4.09. The van der Waals surface area contributed by atoms with Crippen molar-refractivity contribution in [3.8, 4) is 23.0 Å². The molecule has 0 aliphatic carbocycles. The van der Waals surface area contributed by atoms with Crippen LogP contribution in [0.1, 0.15) is 10.4 Å². The van der Waals surface area contributed by atoms with Gasteiger partial charge in [0.1, 0.15) is 0 Å². The van der Waals surface area contributed by atoms with Gasteiger partial charge in [0, 0.05) is 10.0 Å². The Labute approximate surface area is 152 Å². The van der Waals surface area contributed by atoms with Gasteiger partial charge >= 0.3 is 6.01 Å². The van der Waals surface area contributed by atoms with E-state index >= 15 is 0 Å². The predicted octanol–water partition coefficient (Wildman–Crippen LogP) is 3.77. The quantitative estimate of drug-likeness (QED) is 0.697. The minimum atomic E-state index is -0.352. The van der Waals surface area contributed by atoms with Gasteiger partial charge in [0.2, 0.25) is 5.89 Å².